The summed E-state index contributed by atoms with van der Waals surface area (Å²) in [5, 5.41) is 3.63. The number of nitrogens with one attached hydrogen (secondary N) is 1. The Labute approximate surface area is 124 Å². The summed E-state index contributed by atoms with van der Waals surface area (Å²) in [5.41, 5.74) is 1.81. The molecule has 1 aliphatic rings. The monoisotopic (exact) mass is 277 g/mol. The lowest BCUT2D eigenvalue weighted by atomic mass is 9.64. The molecule has 2 heteroatoms. The molecule has 114 valence electrons. The third kappa shape index (κ3) is 3.88. The molecule has 0 amide bonds. The molecule has 1 aliphatic carbocycles. The van der Waals surface area contributed by atoms with Gasteiger partial charge in [-0.15, -0.1) is 0 Å². The Hall–Kier alpha value is -0.760. The molecular weight excluding hydrogens is 246 g/mol. The predicted molar refractivity (Wildman–Crippen MR) is 84.9 cm³/mol. The van der Waals surface area contributed by atoms with Crippen LogP contribution in [0, 0.1) is 17.3 Å². The summed E-state index contributed by atoms with van der Waals surface area (Å²) >= 11 is 0. The molecule has 1 aromatic heterocycles. The van der Waals surface area contributed by atoms with E-state index in [0.29, 0.717) is 17.4 Å². The maximum absolute atomic E-state index is 5.34. The lowest BCUT2D eigenvalue weighted by Crippen LogP contribution is -2.37. The van der Waals surface area contributed by atoms with Gasteiger partial charge in [-0.05, 0) is 60.6 Å². The van der Waals surface area contributed by atoms with E-state index in [1.54, 1.807) is 0 Å². The Morgan fingerprint density at radius 2 is 2.05 bits per heavy atom. The van der Waals surface area contributed by atoms with E-state index in [-0.39, 0.29) is 0 Å². The van der Waals surface area contributed by atoms with Gasteiger partial charge in [0.05, 0.1) is 12.5 Å². The lowest BCUT2D eigenvalue weighted by molar-refractivity contribution is 0.128. The molecule has 1 fully saturated rings. The normalized spacial score (nSPS) is 28.0. The van der Waals surface area contributed by atoms with E-state index in [1.165, 1.54) is 24.8 Å². The summed E-state index contributed by atoms with van der Waals surface area (Å²) in [5.74, 6) is 2.21. The molecule has 0 saturated heterocycles. The zero-order valence-corrected chi connectivity index (χ0v) is 13.8. The first-order chi connectivity index (χ1) is 9.38. The highest BCUT2D eigenvalue weighted by Gasteiger charge is 2.36. The van der Waals surface area contributed by atoms with Crippen molar-refractivity contribution >= 4 is 0 Å². The van der Waals surface area contributed by atoms with E-state index in [4.69, 9.17) is 4.42 Å². The number of hydrogen-bond donors (Lipinski definition) is 1. The molecule has 20 heavy (non-hydrogen) atoms. The van der Waals surface area contributed by atoms with Crippen molar-refractivity contribution in [2.45, 2.75) is 65.8 Å². The SMILES string of the molecule is CC(C)NCC1CCC(C(C)(C)C)CC1c1ccoc1. The van der Waals surface area contributed by atoms with Crippen molar-refractivity contribution in [3.8, 4) is 0 Å². The van der Waals surface area contributed by atoms with E-state index in [0.717, 1.165) is 18.4 Å². The first-order valence-corrected chi connectivity index (χ1v) is 8.13. The Morgan fingerprint density at radius 3 is 2.60 bits per heavy atom. The van der Waals surface area contributed by atoms with Gasteiger partial charge < -0.3 is 9.73 Å². The minimum Gasteiger partial charge on any atom is -0.472 e. The van der Waals surface area contributed by atoms with Gasteiger partial charge in [-0.1, -0.05) is 34.6 Å². The van der Waals surface area contributed by atoms with Crippen LogP contribution in [0.1, 0.15) is 65.4 Å². The van der Waals surface area contributed by atoms with Gasteiger partial charge >= 0.3 is 0 Å². The second-order valence-corrected chi connectivity index (χ2v) is 7.86. The van der Waals surface area contributed by atoms with Gasteiger partial charge in [-0.2, -0.15) is 0 Å². The molecule has 0 bridgehead atoms. The fraction of sp³-hybridized carbons (Fsp3) is 0.778. The fourth-order valence-electron chi connectivity index (χ4n) is 3.55. The van der Waals surface area contributed by atoms with Gasteiger partial charge in [0.2, 0.25) is 0 Å². The van der Waals surface area contributed by atoms with Crippen molar-refractivity contribution in [2.75, 3.05) is 6.54 Å². The fourth-order valence-corrected chi connectivity index (χ4v) is 3.55. The standard InChI is InChI=1S/C18H31NO/c1-13(2)19-11-14-6-7-16(18(3,4)5)10-17(14)15-8-9-20-12-15/h8-9,12-14,16-17,19H,6-7,10-11H2,1-5H3. The average molecular weight is 277 g/mol. The molecule has 1 saturated carbocycles. The zero-order chi connectivity index (χ0) is 14.8. The summed E-state index contributed by atoms with van der Waals surface area (Å²) in [6.45, 7) is 12.7. The molecule has 1 aromatic rings. The third-order valence-corrected chi connectivity index (χ3v) is 4.98. The largest absolute Gasteiger partial charge is 0.472 e. The van der Waals surface area contributed by atoms with E-state index < -0.39 is 0 Å². The van der Waals surface area contributed by atoms with Crippen molar-refractivity contribution in [1.82, 2.24) is 5.32 Å². The van der Waals surface area contributed by atoms with Crippen LogP contribution in [0.3, 0.4) is 0 Å². The van der Waals surface area contributed by atoms with Crippen LogP contribution >= 0.6 is 0 Å². The van der Waals surface area contributed by atoms with E-state index >= 15 is 0 Å². The van der Waals surface area contributed by atoms with Crippen molar-refractivity contribution in [3.05, 3.63) is 24.2 Å². The lowest BCUT2D eigenvalue weighted by Gasteiger charge is -2.42. The maximum atomic E-state index is 5.34. The maximum Gasteiger partial charge on any atom is 0.0937 e. The summed E-state index contributed by atoms with van der Waals surface area (Å²) in [4.78, 5) is 0. The van der Waals surface area contributed by atoms with Crippen LogP contribution in [0.15, 0.2) is 23.0 Å². The minimum absolute atomic E-state index is 0.415. The highest BCUT2D eigenvalue weighted by Crippen LogP contribution is 2.46. The molecule has 3 unspecified atom stereocenters. The Bertz CT molecular complexity index is 388. The van der Waals surface area contributed by atoms with Crippen LogP contribution in [-0.2, 0) is 0 Å². The highest BCUT2D eigenvalue weighted by atomic mass is 16.3. The van der Waals surface area contributed by atoms with Gasteiger partial charge in [0.25, 0.3) is 0 Å². The molecule has 1 heterocycles. The second-order valence-electron chi connectivity index (χ2n) is 7.86. The van der Waals surface area contributed by atoms with Gasteiger partial charge in [-0.25, -0.2) is 0 Å². The van der Waals surface area contributed by atoms with Gasteiger partial charge in [0, 0.05) is 6.04 Å². The van der Waals surface area contributed by atoms with Crippen LogP contribution < -0.4 is 5.32 Å². The number of hydrogen-bond acceptors (Lipinski definition) is 2. The first-order valence-electron chi connectivity index (χ1n) is 8.13. The van der Waals surface area contributed by atoms with Crippen LogP contribution in [0.5, 0.6) is 0 Å². The van der Waals surface area contributed by atoms with E-state index in [2.05, 4.69) is 46.0 Å². The number of furan rings is 1. The minimum atomic E-state index is 0.415. The van der Waals surface area contributed by atoms with E-state index in [1.807, 2.05) is 12.5 Å². The van der Waals surface area contributed by atoms with Crippen molar-refractivity contribution in [2.24, 2.45) is 17.3 Å². The zero-order valence-electron chi connectivity index (χ0n) is 13.8. The molecule has 2 rings (SSSR count). The molecule has 0 radical (unpaired) electrons. The Balaban J connectivity index is 2.09. The smallest absolute Gasteiger partial charge is 0.0937 e. The van der Waals surface area contributed by atoms with Crippen molar-refractivity contribution < 1.29 is 4.42 Å². The Morgan fingerprint density at radius 1 is 1.30 bits per heavy atom. The summed E-state index contributed by atoms with van der Waals surface area (Å²) in [7, 11) is 0. The predicted octanol–water partition coefficient (Wildman–Crippen LogP) is 4.82. The highest BCUT2D eigenvalue weighted by molar-refractivity contribution is 5.15. The molecule has 2 nitrogen and oxygen atoms in total. The summed E-state index contributed by atoms with van der Waals surface area (Å²) in [6.07, 6.45) is 7.77. The van der Waals surface area contributed by atoms with Crippen LogP contribution in [0.4, 0.5) is 0 Å². The van der Waals surface area contributed by atoms with Crippen LogP contribution in [0.2, 0.25) is 0 Å². The second kappa shape index (κ2) is 6.34. The molecule has 1 N–H and O–H groups in total. The van der Waals surface area contributed by atoms with Gasteiger partial charge in [-0.3, -0.25) is 0 Å². The van der Waals surface area contributed by atoms with Gasteiger partial charge in [0.15, 0.2) is 0 Å². The molecule has 0 spiro atoms. The Kier molecular flexibility index (Phi) is 4.95. The average Bonchev–Trinajstić information content (AvgIpc) is 2.88. The van der Waals surface area contributed by atoms with Gasteiger partial charge in [0.1, 0.15) is 0 Å². The molecular formula is C18H31NO. The summed E-state index contributed by atoms with van der Waals surface area (Å²) in [6, 6.07) is 2.73. The van der Waals surface area contributed by atoms with Crippen molar-refractivity contribution in [1.29, 1.82) is 0 Å². The van der Waals surface area contributed by atoms with Crippen LogP contribution in [0.25, 0.3) is 0 Å². The number of rotatable bonds is 4. The first kappa shape index (κ1) is 15.6. The van der Waals surface area contributed by atoms with E-state index in [9.17, 15) is 0 Å². The molecule has 3 atom stereocenters. The van der Waals surface area contributed by atoms with Crippen molar-refractivity contribution in [3.63, 3.8) is 0 Å². The quantitative estimate of drug-likeness (QED) is 0.853. The summed E-state index contributed by atoms with van der Waals surface area (Å²) < 4.78 is 5.34. The molecule has 0 aromatic carbocycles. The van der Waals surface area contributed by atoms with Crippen LogP contribution in [-0.4, -0.2) is 12.6 Å². The topological polar surface area (TPSA) is 25.2 Å². The third-order valence-electron chi connectivity index (χ3n) is 4.98. The molecule has 0 aliphatic heterocycles.